The molecule has 1 amide bonds. The second kappa shape index (κ2) is 7.61. The Morgan fingerprint density at radius 1 is 1.30 bits per heavy atom. The number of benzene rings is 1. The first-order chi connectivity index (χ1) is 14.7. The zero-order valence-corrected chi connectivity index (χ0v) is 17.4. The number of rotatable bonds is 4. The summed E-state index contributed by atoms with van der Waals surface area (Å²) in [7, 11) is 1.66. The van der Waals surface area contributed by atoms with Crippen LogP contribution in [0.1, 0.15) is 18.5 Å². The number of nitrogens with zero attached hydrogens (tertiary/aromatic N) is 3. The fourth-order valence-corrected chi connectivity index (χ4v) is 4.69. The first-order valence-electron chi connectivity index (χ1n) is 10.5. The molecule has 5 rings (SSSR count). The fraction of sp³-hybridized carbons (Fsp3) is 0.333. The third-order valence-corrected chi connectivity index (χ3v) is 6.20. The summed E-state index contributed by atoms with van der Waals surface area (Å²) in [5, 5.41) is 3.37. The molecule has 1 aromatic heterocycles. The summed E-state index contributed by atoms with van der Waals surface area (Å²) in [6, 6.07) is 5.93. The highest BCUT2D eigenvalue weighted by Gasteiger charge is 2.37. The Morgan fingerprint density at radius 2 is 2.20 bits per heavy atom. The average Bonchev–Trinajstić information content (AvgIpc) is 3.37. The fourth-order valence-electron chi connectivity index (χ4n) is 4.69. The molecule has 0 bridgehead atoms. The van der Waals surface area contributed by atoms with Gasteiger partial charge >= 0.3 is 0 Å². The van der Waals surface area contributed by atoms with Crippen LogP contribution in [0.25, 0.3) is 5.69 Å². The molecule has 3 aliphatic rings. The van der Waals surface area contributed by atoms with Crippen molar-refractivity contribution in [3.63, 3.8) is 0 Å². The molecule has 6 heteroatoms. The minimum Gasteiger partial charge on any atom is -0.494 e. The Kier molecular flexibility index (Phi) is 4.79. The van der Waals surface area contributed by atoms with Crippen molar-refractivity contribution in [1.82, 2.24) is 14.9 Å². The van der Waals surface area contributed by atoms with Gasteiger partial charge in [0.1, 0.15) is 5.75 Å². The normalized spacial score (nSPS) is 21.1. The molecule has 1 N–H and O–H groups in total. The Balaban J connectivity index is 1.46. The summed E-state index contributed by atoms with van der Waals surface area (Å²) in [5.41, 5.74) is 6.21. The topological polar surface area (TPSA) is 59.4 Å². The molecule has 1 atom stereocenters. The van der Waals surface area contributed by atoms with Gasteiger partial charge in [0.25, 0.3) is 5.91 Å². The molecule has 2 aromatic rings. The summed E-state index contributed by atoms with van der Waals surface area (Å²) in [5.74, 6) is 1.04. The Bertz CT molecular complexity index is 1090. The molecule has 0 spiro atoms. The van der Waals surface area contributed by atoms with Crippen molar-refractivity contribution in [2.75, 3.05) is 31.6 Å². The van der Waals surface area contributed by atoms with Crippen LogP contribution in [0.4, 0.5) is 5.69 Å². The molecule has 2 aliphatic heterocycles. The zero-order chi connectivity index (χ0) is 20.7. The van der Waals surface area contributed by atoms with E-state index in [1.54, 1.807) is 13.4 Å². The minimum absolute atomic E-state index is 0.118. The molecular weight excluding hydrogens is 376 g/mol. The standard InChI is InChI=1S/C24H26N4O2/c1-16-13-27(15-26-16)21-7-6-19(12-22(21)30-2)28-14-18-4-3-5-20(23(18)24(28)29)17-8-10-25-11-9-17/h3-4,6-8,12-13,15,20,25H,5,9-11,14H2,1-2H3. The Labute approximate surface area is 176 Å². The number of aromatic nitrogens is 2. The van der Waals surface area contributed by atoms with E-state index >= 15 is 0 Å². The van der Waals surface area contributed by atoms with Gasteiger partial charge in [-0.05, 0) is 44.0 Å². The van der Waals surface area contributed by atoms with Gasteiger partial charge in [0.2, 0.25) is 0 Å². The van der Waals surface area contributed by atoms with Crippen LogP contribution in [0.15, 0.2) is 65.7 Å². The number of aryl methyl sites for hydroxylation is 1. The molecule has 0 fully saturated rings. The third-order valence-electron chi connectivity index (χ3n) is 6.20. The number of nitrogens with one attached hydrogen (secondary N) is 1. The molecule has 154 valence electrons. The summed E-state index contributed by atoms with van der Waals surface area (Å²) in [6.45, 7) is 4.44. The molecule has 0 radical (unpaired) electrons. The lowest BCUT2D eigenvalue weighted by atomic mass is 9.80. The van der Waals surface area contributed by atoms with Crippen LogP contribution in [0.5, 0.6) is 5.75 Å². The van der Waals surface area contributed by atoms with Crippen LogP contribution in [0.2, 0.25) is 0 Å². The van der Waals surface area contributed by atoms with E-state index in [1.165, 1.54) is 5.57 Å². The van der Waals surface area contributed by atoms with E-state index < -0.39 is 0 Å². The second-order valence-corrected chi connectivity index (χ2v) is 8.03. The number of carbonyl (C=O) groups is 1. The number of anilines is 1. The van der Waals surface area contributed by atoms with Crippen molar-refractivity contribution in [3.8, 4) is 11.4 Å². The number of imidazole rings is 1. The Morgan fingerprint density at radius 3 is 2.93 bits per heavy atom. The van der Waals surface area contributed by atoms with Gasteiger partial charge in [-0.2, -0.15) is 0 Å². The zero-order valence-electron chi connectivity index (χ0n) is 17.4. The highest BCUT2D eigenvalue weighted by Crippen LogP contribution is 2.40. The summed E-state index contributed by atoms with van der Waals surface area (Å²) in [4.78, 5) is 19.7. The maximum Gasteiger partial charge on any atom is 0.255 e. The molecule has 30 heavy (non-hydrogen) atoms. The molecule has 1 aliphatic carbocycles. The molecule has 3 heterocycles. The second-order valence-electron chi connectivity index (χ2n) is 8.03. The third kappa shape index (κ3) is 3.17. The number of hydrogen-bond donors (Lipinski definition) is 1. The van der Waals surface area contributed by atoms with Crippen molar-refractivity contribution < 1.29 is 9.53 Å². The monoisotopic (exact) mass is 402 g/mol. The smallest absolute Gasteiger partial charge is 0.255 e. The van der Waals surface area contributed by atoms with Gasteiger partial charge in [0.05, 0.1) is 31.4 Å². The van der Waals surface area contributed by atoms with E-state index in [1.807, 2.05) is 40.8 Å². The first-order valence-corrected chi connectivity index (χ1v) is 10.5. The van der Waals surface area contributed by atoms with Crippen molar-refractivity contribution in [2.24, 2.45) is 5.92 Å². The maximum atomic E-state index is 13.5. The SMILES string of the molecule is COc1cc(N2CC3=C(C2=O)C(C2=CCNCC2)CC=C3)ccc1-n1cnc(C)c1. The number of amides is 1. The van der Waals surface area contributed by atoms with Gasteiger partial charge < -0.3 is 19.5 Å². The van der Waals surface area contributed by atoms with Crippen molar-refractivity contribution in [1.29, 1.82) is 0 Å². The van der Waals surface area contributed by atoms with Crippen molar-refractivity contribution in [3.05, 3.63) is 71.4 Å². The number of methoxy groups -OCH3 is 1. The highest BCUT2D eigenvalue weighted by molar-refractivity contribution is 6.11. The number of carbonyl (C=O) groups excluding carboxylic acids is 1. The Hall–Kier alpha value is -3.12. The van der Waals surface area contributed by atoms with Crippen LogP contribution in [0, 0.1) is 12.8 Å². The summed E-state index contributed by atoms with van der Waals surface area (Å²) < 4.78 is 7.59. The minimum atomic E-state index is 0.118. The van der Waals surface area contributed by atoms with Gasteiger partial charge in [-0.1, -0.05) is 23.8 Å². The number of hydrogen-bond acceptors (Lipinski definition) is 4. The molecular formula is C24H26N4O2. The molecule has 0 saturated carbocycles. The predicted octanol–water partition coefficient (Wildman–Crippen LogP) is 3.33. The number of allylic oxidation sites excluding steroid dienone is 1. The lowest BCUT2D eigenvalue weighted by molar-refractivity contribution is -0.114. The molecule has 1 aromatic carbocycles. The maximum absolute atomic E-state index is 13.5. The largest absolute Gasteiger partial charge is 0.494 e. The quantitative estimate of drug-likeness (QED) is 0.797. The summed E-state index contributed by atoms with van der Waals surface area (Å²) in [6.07, 6.45) is 12.3. The van der Waals surface area contributed by atoms with Gasteiger partial charge in [0.15, 0.2) is 0 Å². The van der Waals surface area contributed by atoms with Crippen LogP contribution >= 0.6 is 0 Å². The van der Waals surface area contributed by atoms with Crippen LogP contribution < -0.4 is 15.0 Å². The van der Waals surface area contributed by atoms with Crippen molar-refractivity contribution in [2.45, 2.75) is 19.8 Å². The van der Waals surface area contributed by atoms with E-state index in [9.17, 15) is 4.79 Å². The highest BCUT2D eigenvalue weighted by atomic mass is 16.5. The predicted molar refractivity (Wildman–Crippen MR) is 117 cm³/mol. The van der Waals surface area contributed by atoms with E-state index in [0.29, 0.717) is 6.54 Å². The molecule has 6 nitrogen and oxygen atoms in total. The van der Waals surface area contributed by atoms with E-state index in [0.717, 1.165) is 59.9 Å². The van der Waals surface area contributed by atoms with Crippen LogP contribution in [0.3, 0.4) is 0 Å². The lowest BCUT2D eigenvalue weighted by Crippen LogP contribution is -2.30. The summed E-state index contributed by atoms with van der Waals surface area (Å²) >= 11 is 0. The first kappa shape index (κ1) is 18.9. The van der Waals surface area contributed by atoms with E-state index in [2.05, 4.69) is 28.5 Å². The molecule has 1 unspecified atom stereocenters. The van der Waals surface area contributed by atoms with Crippen LogP contribution in [-0.2, 0) is 4.79 Å². The van der Waals surface area contributed by atoms with Gasteiger partial charge in [-0.25, -0.2) is 4.98 Å². The number of ether oxygens (including phenoxy) is 1. The molecule has 0 saturated heterocycles. The van der Waals surface area contributed by atoms with E-state index in [4.69, 9.17) is 4.74 Å². The average molecular weight is 402 g/mol. The van der Waals surface area contributed by atoms with Crippen LogP contribution in [-0.4, -0.2) is 42.2 Å². The van der Waals surface area contributed by atoms with Gasteiger partial charge in [0, 0.05) is 36.0 Å². The van der Waals surface area contributed by atoms with Crippen molar-refractivity contribution >= 4 is 11.6 Å². The lowest BCUT2D eigenvalue weighted by Gasteiger charge is -2.26. The van der Waals surface area contributed by atoms with E-state index in [-0.39, 0.29) is 11.8 Å². The van der Waals surface area contributed by atoms with Gasteiger partial charge in [-0.3, -0.25) is 4.79 Å². The van der Waals surface area contributed by atoms with Gasteiger partial charge in [-0.15, -0.1) is 0 Å².